The topological polar surface area (TPSA) is 40.5 Å². The summed E-state index contributed by atoms with van der Waals surface area (Å²) >= 11 is 0. The van der Waals surface area contributed by atoms with Crippen LogP contribution in [-0.4, -0.2) is 34.1 Å². The lowest BCUT2D eigenvalue weighted by molar-refractivity contribution is -0.134. The van der Waals surface area contributed by atoms with Gasteiger partial charge < -0.3 is 10.0 Å². The molecule has 182 valence electrons. The number of fused-ring (bicyclic) bond motifs is 1. The third-order valence-corrected chi connectivity index (χ3v) is 7.53. The van der Waals surface area contributed by atoms with E-state index >= 15 is 0 Å². The number of rotatable bonds is 11. The van der Waals surface area contributed by atoms with Crippen molar-refractivity contribution in [2.75, 3.05) is 0 Å². The summed E-state index contributed by atoms with van der Waals surface area (Å²) in [6.45, 7) is 10.5. The van der Waals surface area contributed by atoms with Crippen molar-refractivity contribution in [3.63, 3.8) is 0 Å². The second-order valence-electron chi connectivity index (χ2n) is 10.9. The van der Waals surface area contributed by atoms with E-state index < -0.39 is 0 Å². The molecule has 1 saturated carbocycles. The number of benzene rings is 1. The van der Waals surface area contributed by atoms with Crippen molar-refractivity contribution in [2.45, 2.75) is 104 Å². The molecule has 1 aromatic carbocycles. The molecular weight excluding hydrogens is 406 g/mol. The Kier molecular flexibility index (Phi) is 9.37. The van der Waals surface area contributed by atoms with E-state index in [0.717, 1.165) is 44.9 Å². The van der Waals surface area contributed by atoms with E-state index in [-0.39, 0.29) is 30.0 Å². The zero-order valence-corrected chi connectivity index (χ0v) is 21.5. The summed E-state index contributed by atoms with van der Waals surface area (Å²) in [5.41, 5.74) is 4.25. The summed E-state index contributed by atoms with van der Waals surface area (Å²) in [4.78, 5) is 14.6. The normalized spacial score (nSPS) is 24.7. The molecule has 3 rings (SSSR count). The highest BCUT2D eigenvalue weighted by atomic mass is 16.3. The number of aliphatic hydroxyl groups is 1. The van der Waals surface area contributed by atoms with Crippen LogP contribution < -0.4 is 0 Å². The van der Waals surface area contributed by atoms with Gasteiger partial charge in [-0.25, -0.2) is 0 Å². The average molecular weight is 452 g/mol. The Morgan fingerprint density at radius 2 is 1.91 bits per heavy atom. The monoisotopic (exact) mass is 451 g/mol. The van der Waals surface area contributed by atoms with Crippen LogP contribution in [0.3, 0.4) is 0 Å². The van der Waals surface area contributed by atoms with Gasteiger partial charge in [-0.05, 0) is 97.0 Å². The van der Waals surface area contributed by atoms with Crippen molar-refractivity contribution in [2.24, 2.45) is 17.8 Å². The van der Waals surface area contributed by atoms with Crippen molar-refractivity contribution in [3.05, 3.63) is 59.2 Å². The maximum Gasteiger partial charge on any atom is 0.223 e. The number of nitrogens with zero attached hydrogens (tertiary/aromatic N) is 1. The van der Waals surface area contributed by atoms with Crippen LogP contribution in [-0.2, 0) is 11.2 Å². The highest BCUT2D eigenvalue weighted by Crippen LogP contribution is 2.48. The van der Waals surface area contributed by atoms with Crippen molar-refractivity contribution in [3.8, 4) is 0 Å². The fourth-order valence-electron chi connectivity index (χ4n) is 6.09. The Hall–Kier alpha value is -1.87. The van der Waals surface area contributed by atoms with E-state index in [0.29, 0.717) is 18.3 Å². The molecule has 0 heterocycles. The standard InChI is InChI=1S/C30H45NO2/c1-21(2)31(22(3)4)30(33)16-9-7-13-25-18-26-20-29(32)27(28(26)19-25)15-8-6-12-24-14-10-11-23(5)17-24/h8,10-11,14-15,17-18,21-22,26-29,32H,6-7,9,12-13,16,19-20H2,1-5H3/b15-8+/t26-,27+,28-,29+/m0/s1. The van der Waals surface area contributed by atoms with Gasteiger partial charge in [-0.15, -0.1) is 0 Å². The smallest absolute Gasteiger partial charge is 0.223 e. The van der Waals surface area contributed by atoms with E-state index in [1.54, 1.807) is 5.57 Å². The third kappa shape index (κ3) is 7.06. The van der Waals surface area contributed by atoms with Crippen LogP contribution in [0.25, 0.3) is 0 Å². The molecule has 33 heavy (non-hydrogen) atoms. The van der Waals surface area contributed by atoms with Crippen LogP contribution in [0.5, 0.6) is 0 Å². The first-order valence-electron chi connectivity index (χ1n) is 13.2. The van der Waals surface area contributed by atoms with Crippen LogP contribution >= 0.6 is 0 Å². The van der Waals surface area contributed by atoms with Gasteiger partial charge in [-0.1, -0.05) is 53.6 Å². The van der Waals surface area contributed by atoms with Gasteiger partial charge in [-0.2, -0.15) is 0 Å². The summed E-state index contributed by atoms with van der Waals surface area (Å²) in [6.07, 6.45) is 14.7. The molecule has 1 aromatic rings. The third-order valence-electron chi connectivity index (χ3n) is 7.53. The van der Waals surface area contributed by atoms with Crippen LogP contribution in [0.1, 0.15) is 83.8 Å². The van der Waals surface area contributed by atoms with Crippen LogP contribution in [0.4, 0.5) is 0 Å². The number of aryl methyl sites for hydroxylation is 2. The molecule has 0 aliphatic heterocycles. The van der Waals surface area contributed by atoms with Gasteiger partial charge in [-0.3, -0.25) is 4.79 Å². The number of carbonyl (C=O) groups excluding carboxylic acids is 1. The van der Waals surface area contributed by atoms with Crippen molar-refractivity contribution >= 4 is 5.91 Å². The van der Waals surface area contributed by atoms with Gasteiger partial charge >= 0.3 is 0 Å². The molecule has 1 amide bonds. The largest absolute Gasteiger partial charge is 0.392 e. The SMILES string of the molecule is Cc1cccc(CC/C=C/[C@@H]2[C@H]3CC(CCCCC(=O)N(C(C)C)C(C)C)=C[C@H]3C[C@H]2O)c1. The fraction of sp³-hybridized carbons (Fsp3) is 0.633. The molecular formula is C30H45NO2. The molecule has 1 N–H and O–H groups in total. The fourth-order valence-corrected chi connectivity index (χ4v) is 6.09. The van der Waals surface area contributed by atoms with Gasteiger partial charge in [0.2, 0.25) is 5.91 Å². The van der Waals surface area contributed by atoms with Gasteiger partial charge in [0, 0.05) is 24.4 Å². The number of amides is 1. The predicted octanol–water partition coefficient (Wildman–Crippen LogP) is 6.63. The van der Waals surface area contributed by atoms with E-state index in [1.807, 2.05) is 4.90 Å². The van der Waals surface area contributed by atoms with Gasteiger partial charge in [0.1, 0.15) is 0 Å². The maximum atomic E-state index is 12.6. The zero-order valence-electron chi connectivity index (χ0n) is 21.5. The number of hydrogen-bond donors (Lipinski definition) is 1. The molecule has 1 fully saturated rings. The van der Waals surface area contributed by atoms with E-state index in [1.165, 1.54) is 11.1 Å². The Morgan fingerprint density at radius 3 is 2.61 bits per heavy atom. The lowest BCUT2D eigenvalue weighted by Crippen LogP contribution is -2.41. The molecule has 0 radical (unpaired) electrons. The summed E-state index contributed by atoms with van der Waals surface area (Å²) in [5, 5.41) is 10.6. The van der Waals surface area contributed by atoms with Crippen molar-refractivity contribution < 1.29 is 9.90 Å². The first-order valence-corrected chi connectivity index (χ1v) is 13.2. The average Bonchev–Trinajstić information content (AvgIpc) is 3.25. The zero-order chi connectivity index (χ0) is 24.0. The first kappa shape index (κ1) is 25.7. The number of aliphatic hydroxyl groups excluding tert-OH is 1. The molecule has 0 bridgehead atoms. The second-order valence-corrected chi connectivity index (χ2v) is 10.9. The molecule has 2 aliphatic rings. The molecule has 3 heteroatoms. The summed E-state index contributed by atoms with van der Waals surface area (Å²) < 4.78 is 0. The Morgan fingerprint density at radius 1 is 1.15 bits per heavy atom. The highest BCUT2D eigenvalue weighted by molar-refractivity contribution is 5.76. The number of hydrogen-bond acceptors (Lipinski definition) is 2. The minimum absolute atomic E-state index is 0.205. The molecule has 0 spiro atoms. The second kappa shape index (κ2) is 12.0. The van der Waals surface area contributed by atoms with Gasteiger partial charge in [0.15, 0.2) is 0 Å². The Bertz CT molecular complexity index is 829. The molecule has 2 aliphatic carbocycles. The van der Waals surface area contributed by atoms with E-state index in [2.05, 4.69) is 77.1 Å². The van der Waals surface area contributed by atoms with E-state index in [4.69, 9.17) is 0 Å². The Labute approximate surface area is 202 Å². The van der Waals surface area contributed by atoms with Crippen LogP contribution in [0.2, 0.25) is 0 Å². The molecule has 0 aromatic heterocycles. The molecule has 3 nitrogen and oxygen atoms in total. The van der Waals surface area contributed by atoms with Gasteiger partial charge in [0.05, 0.1) is 6.10 Å². The molecule has 0 unspecified atom stereocenters. The van der Waals surface area contributed by atoms with Crippen molar-refractivity contribution in [1.29, 1.82) is 0 Å². The lowest BCUT2D eigenvalue weighted by Gasteiger charge is -2.30. The quantitative estimate of drug-likeness (QED) is 0.303. The summed E-state index contributed by atoms with van der Waals surface area (Å²) in [7, 11) is 0. The van der Waals surface area contributed by atoms with Crippen molar-refractivity contribution in [1.82, 2.24) is 4.90 Å². The van der Waals surface area contributed by atoms with Crippen LogP contribution in [0.15, 0.2) is 48.1 Å². The molecule has 4 atom stereocenters. The predicted molar refractivity (Wildman–Crippen MR) is 138 cm³/mol. The molecule has 0 saturated heterocycles. The Balaban J connectivity index is 1.41. The summed E-state index contributed by atoms with van der Waals surface area (Å²) in [6, 6.07) is 9.27. The number of carbonyl (C=O) groups is 1. The van der Waals surface area contributed by atoms with Crippen LogP contribution in [0, 0.1) is 24.7 Å². The van der Waals surface area contributed by atoms with Gasteiger partial charge in [0.25, 0.3) is 0 Å². The maximum absolute atomic E-state index is 12.6. The van der Waals surface area contributed by atoms with E-state index in [9.17, 15) is 9.90 Å². The lowest BCUT2D eigenvalue weighted by atomic mass is 9.88. The highest BCUT2D eigenvalue weighted by Gasteiger charge is 2.43. The minimum Gasteiger partial charge on any atom is -0.392 e. The first-order chi connectivity index (χ1) is 15.8. The number of allylic oxidation sites excluding steroid dienone is 3. The summed E-state index contributed by atoms with van der Waals surface area (Å²) in [5.74, 6) is 1.66. The number of unbranched alkanes of at least 4 members (excludes halogenated alkanes) is 1. The minimum atomic E-state index is -0.205.